The Balaban J connectivity index is 0.000001000. The van der Waals surface area contributed by atoms with E-state index in [1.807, 2.05) is 0 Å². The van der Waals surface area contributed by atoms with Crippen molar-refractivity contribution in [3.05, 3.63) is 0 Å². The lowest BCUT2D eigenvalue weighted by atomic mass is 9.87. The molecule has 1 amide bonds. The molecule has 0 aliphatic heterocycles. The van der Waals surface area contributed by atoms with Crippen LogP contribution in [-0.4, -0.2) is 12.5 Å². The van der Waals surface area contributed by atoms with Gasteiger partial charge in [-0.25, -0.2) is 0 Å². The largest absolute Gasteiger partial charge is 0.356 e. The zero-order valence-electron chi connectivity index (χ0n) is 6.47. The minimum atomic E-state index is 0. The summed E-state index contributed by atoms with van der Waals surface area (Å²) >= 11 is 0. The zero-order chi connectivity index (χ0) is 7.40. The van der Waals surface area contributed by atoms with Crippen LogP contribution >= 0.6 is 0 Å². The quantitative estimate of drug-likeness (QED) is 0.584. The van der Waals surface area contributed by atoms with E-state index >= 15 is 0 Å². The Labute approximate surface area is 63.5 Å². The molecule has 10 heavy (non-hydrogen) atoms. The normalized spacial score (nSPS) is 33.3. The second-order valence-electron chi connectivity index (χ2n) is 3.24. The lowest BCUT2D eigenvalue weighted by Crippen LogP contribution is -2.31. The molecule has 0 radical (unpaired) electrons. The van der Waals surface area contributed by atoms with Crippen molar-refractivity contribution in [1.82, 2.24) is 5.32 Å². The molecule has 1 N–H and O–H groups in total. The van der Waals surface area contributed by atoms with E-state index in [9.17, 15) is 4.79 Å². The molecular formula is C8H17NO. The summed E-state index contributed by atoms with van der Waals surface area (Å²) in [4.78, 5) is 10.0. The van der Waals surface area contributed by atoms with Gasteiger partial charge in [-0.2, -0.15) is 0 Å². The average Bonchev–Trinajstić information content (AvgIpc) is 1.95. The third-order valence-electron chi connectivity index (χ3n) is 2.32. The standard InChI is InChI=1S/C8H15NO.H2/c1-7-2-4-8(5-3-7)9-6-10;/h6-8H,2-5H2,1H3,(H,9,10);1H. The summed E-state index contributed by atoms with van der Waals surface area (Å²) in [6.07, 6.45) is 5.69. The summed E-state index contributed by atoms with van der Waals surface area (Å²) < 4.78 is 0. The van der Waals surface area contributed by atoms with E-state index in [1.165, 1.54) is 25.7 Å². The Morgan fingerprint density at radius 3 is 2.50 bits per heavy atom. The predicted octanol–water partition coefficient (Wildman–Crippen LogP) is 1.56. The summed E-state index contributed by atoms with van der Waals surface area (Å²) in [5, 5.41) is 2.82. The molecule has 0 heterocycles. The van der Waals surface area contributed by atoms with Crippen LogP contribution in [0.4, 0.5) is 0 Å². The fourth-order valence-corrected chi connectivity index (χ4v) is 1.52. The van der Waals surface area contributed by atoms with Crippen molar-refractivity contribution < 1.29 is 6.22 Å². The van der Waals surface area contributed by atoms with Gasteiger partial charge in [0.2, 0.25) is 6.41 Å². The first-order valence-corrected chi connectivity index (χ1v) is 4.02. The maximum absolute atomic E-state index is 10.0. The van der Waals surface area contributed by atoms with E-state index in [-0.39, 0.29) is 1.43 Å². The molecule has 60 valence electrons. The average molecular weight is 143 g/mol. The summed E-state index contributed by atoms with van der Waals surface area (Å²) in [7, 11) is 0. The van der Waals surface area contributed by atoms with Crippen LogP contribution < -0.4 is 5.32 Å². The third kappa shape index (κ3) is 2.01. The summed E-state index contributed by atoms with van der Waals surface area (Å²) in [5.41, 5.74) is 0. The zero-order valence-corrected chi connectivity index (χ0v) is 6.47. The SMILES string of the molecule is CC1CCC(NC=O)CC1.[HH]. The smallest absolute Gasteiger partial charge is 0.207 e. The topological polar surface area (TPSA) is 29.1 Å². The lowest BCUT2D eigenvalue weighted by Gasteiger charge is -2.25. The molecule has 1 fully saturated rings. The number of carbonyl (C=O) groups excluding carboxylic acids is 1. The molecule has 1 saturated carbocycles. The molecule has 2 heteroatoms. The second-order valence-corrected chi connectivity index (χ2v) is 3.24. The van der Waals surface area contributed by atoms with Gasteiger partial charge in [-0.05, 0) is 31.6 Å². The molecule has 1 aliphatic carbocycles. The van der Waals surface area contributed by atoms with Gasteiger partial charge in [0, 0.05) is 7.47 Å². The Hall–Kier alpha value is -0.530. The van der Waals surface area contributed by atoms with Gasteiger partial charge in [0.05, 0.1) is 0 Å². The van der Waals surface area contributed by atoms with Crippen molar-refractivity contribution in [3.63, 3.8) is 0 Å². The van der Waals surface area contributed by atoms with Crippen LogP contribution in [-0.2, 0) is 4.79 Å². The molecule has 1 aliphatic rings. The molecule has 0 spiro atoms. The van der Waals surface area contributed by atoms with Gasteiger partial charge in [0.25, 0.3) is 0 Å². The molecule has 0 aromatic rings. The molecule has 0 saturated heterocycles. The van der Waals surface area contributed by atoms with Crippen molar-refractivity contribution in [1.29, 1.82) is 0 Å². The van der Waals surface area contributed by atoms with Gasteiger partial charge in [-0.1, -0.05) is 6.92 Å². The van der Waals surface area contributed by atoms with E-state index in [2.05, 4.69) is 12.2 Å². The second kappa shape index (κ2) is 3.59. The monoisotopic (exact) mass is 143 g/mol. The van der Waals surface area contributed by atoms with Crippen molar-refractivity contribution in [3.8, 4) is 0 Å². The fourth-order valence-electron chi connectivity index (χ4n) is 1.52. The minimum Gasteiger partial charge on any atom is -0.356 e. The molecule has 0 aromatic carbocycles. The highest BCUT2D eigenvalue weighted by molar-refractivity contribution is 5.46. The molecule has 0 bridgehead atoms. The van der Waals surface area contributed by atoms with Crippen LogP contribution in [0.2, 0.25) is 0 Å². The maximum Gasteiger partial charge on any atom is 0.207 e. The van der Waals surface area contributed by atoms with E-state index in [0.717, 1.165) is 12.3 Å². The van der Waals surface area contributed by atoms with Crippen LogP contribution in [0.5, 0.6) is 0 Å². The summed E-state index contributed by atoms with van der Waals surface area (Å²) in [5.74, 6) is 0.865. The first-order valence-electron chi connectivity index (χ1n) is 4.02. The van der Waals surface area contributed by atoms with Crippen molar-refractivity contribution in [2.24, 2.45) is 5.92 Å². The highest BCUT2D eigenvalue weighted by Crippen LogP contribution is 2.22. The number of rotatable bonds is 2. The summed E-state index contributed by atoms with van der Waals surface area (Å²) in [6.45, 7) is 2.27. The van der Waals surface area contributed by atoms with Gasteiger partial charge in [0.1, 0.15) is 0 Å². The van der Waals surface area contributed by atoms with E-state index < -0.39 is 0 Å². The first kappa shape index (κ1) is 7.58. The van der Waals surface area contributed by atoms with Crippen LogP contribution in [0.1, 0.15) is 34.0 Å². The Morgan fingerprint density at radius 1 is 1.40 bits per heavy atom. The number of amides is 1. The van der Waals surface area contributed by atoms with Gasteiger partial charge < -0.3 is 5.32 Å². The van der Waals surface area contributed by atoms with E-state index in [0.29, 0.717) is 6.04 Å². The fraction of sp³-hybridized carbons (Fsp3) is 0.875. The van der Waals surface area contributed by atoms with Crippen LogP contribution in [0.3, 0.4) is 0 Å². The minimum absolute atomic E-state index is 0. The maximum atomic E-state index is 10.0. The van der Waals surface area contributed by atoms with Crippen LogP contribution in [0, 0.1) is 5.92 Å². The van der Waals surface area contributed by atoms with E-state index in [1.54, 1.807) is 0 Å². The van der Waals surface area contributed by atoms with Gasteiger partial charge in [-0.15, -0.1) is 0 Å². The van der Waals surface area contributed by atoms with Crippen molar-refractivity contribution in [2.75, 3.05) is 0 Å². The number of hydrogen-bond acceptors (Lipinski definition) is 1. The molecular weight excluding hydrogens is 126 g/mol. The van der Waals surface area contributed by atoms with Crippen molar-refractivity contribution >= 4 is 6.41 Å². The Morgan fingerprint density at radius 2 is 2.00 bits per heavy atom. The number of nitrogens with one attached hydrogen (secondary N) is 1. The highest BCUT2D eigenvalue weighted by Gasteiger charge is 2.16. The molecule has 2 nitrogen and oxygen atoms in total. The lowest BCUT2D eigenvalue weighted by molar-refractivity contribution is -0.110. The van der Waals surface area contributed by atoms with Crippen molar-refractivity contribution in [2.45, 2.75) is 38.6 Å². The molecule has 1 rings (SSSR count). The third-order valence-corrected chi connectivity index (χ3v) is 2.32. The van der Waals surface area contributed by atoms with Gasteiger partial charge in [-0.3, -0.25) is 4.79 Å². The number of carbonyl (C=O) groups is 1. The summed E-state index contributed by atoms with van der Waals surface area (Å²) in [6, 6.07) is 0.466. The highest BCUT2D eigenvalue weighted by atomic mass is 16.1. The molecule has 0 atom stereocenters. The molecule has 0 aromatic heterocycles. The van der Waals surface area contributed by atoms with Gasteiger partial charge >= 0.3 is 0 Å². The number of hydrogen-bond donors (Lipinski definition) is 1. The predicted molar refractivity (Wildman–Crippen MR) is 42.7 cm³/mol. The van der Waals surface area contributed by atoms with Gasteiger partial charge in [0.15, 0.2) is 0 Å². The first-order chi connectivity index (χ1) is 4.83. The Kier molecular flexibility index (Phi) is 2.72. The van der Waals surface area contributed by atoms with Crippen LogP contribution in [0.15, 0.2) is 0 Å². The van der Waals surface area contributed by atoms with Crippen LogP contribution in [0.25, 0.3) is 0 Å². The Bertz CT molecular complexity index is 111. The van der Waals surface area contributed by atoms with E-state index in [4.69, 9.17) is 0 Å². The molecule has 0 unspecified atom stereocenters.